The van der Waals surface area contributed by atoms with Crippen LogP contribution < -0.4 is 0 Å². The zero-order chi connectivity index (χ0) is 10.5. The van der Waals surface area contributed by atoms with Crippen molar-refractivity contribution in [3.8, 4) is 0 Å². The van der Waals surface area contributed by atoms with E-state index in [0.717, 1.165) is 5.57 Å². The Balaban J connectivity index is 4.60. The Hall–Kier alpha value is -0.543. The predicted octanol–water partition coefficient (Wildman–Crippen LogP) is 3.02. The van der Waals surface area contributed by atoms with Gasteiger partial charge in [0.1, 0.15) is 0 Å². The van der Waals surface area contributed by atoms with Crippen LogP contribution in [0.1, 0.15) is 6.42 Å². The van der Waals surface area contributed by atoms with Crippen LogP contribution in [0.5, 0.6) is 0 Å². The van der Waals surface area contributed by atoms with Gasteiger partial charge in [-0.3, -0.25) is 4.79 Å². The van der Waals surface area contributed by atoms with Crippen LogP contribution in [-0.2, 0) is 4.79 Å². The summed E-state index contributed by atoms with van der Waals surface area (Å²) < 4.78 is 0. The normalized spacial score (nSPS) is 13.7. The second-order valence-electron chi connectivity index (χ2n) is 3.95. The minimum absolute atomic E-state index is 0.0491. The Morgan fingerprint density at radius 2 is 2.00 bits per heavy atom. The highest BCUT2D eigenvalue weighted by Gasteiger charge is 2.11. The molecular weight excluding hydrogens is 204 g/mol. The summed E-state index contributed by atoms with van der Waals surface area (Å²) in [7, 11) is -1.36. The summed E-state index contributed by atoms with van der Waals surface area (Å²) >= 11 is 5.41. The van der Waals surface area contributed by atoms with Crippen LogP contribution in [0.2, 0.25) is 19.6 Å². The van der Waals surface area contributed by atoms with Gasteiger partial charge in [-0.1, -0.05) is 36.9 Å². The highest BCUT2D eigenvalue weighted by atomic mass is 35.5. The van der Waals surface area contributed by atoms with E-state index in [2.05, 4.69) is 19.6 Å². The zero-order valence-electron chi connectivity index (χ0n) is 8.17. The topological polar surface area (TPSA) is 37.3 Å². The molecule has 0 unspecified atom stereocenters. The van der Waals surface area contributed by atoms with Crippen molar-refractivity contribution >= 4 is 25.6 Å². The molecule has 74 valence electrons. The molecule has 0 aliphatic heterocycles. The van der Waals surface area contributed by atoms with Crippen LogP contribution in [-0.4, -0.2) is 19.1 Å². The molecule has 0 atom stereocenters. The molecule has 0 amide bonds. The second kappa shape index (κ2) is 5.24. The molecule has 13 heavy (non-hydrogen) atoms. The lowest BCUT2D eigenvalue weighted by molar-refractivity contribution is -0.136. The molecule has 0 aromatic heterocycles. The van der Waals surface area contributed by atoms with Crippen molar-refractivity contribution in [2.75, 3.05) is 0 Å². The number of halogens is 1. The first kappa shape index (κ1) is 12.5. The van der Waals surface area contributed by atoms with Crippen molar-refractivity contribution in [3.63, 3.8) is 0 Å². The van der Waals surface area contributed by atoms with E-state index in [1.165, 1.54) is 5.54 Å². The molecule has 0 rings (SSSR count). The van der Waals surface area contributed by atoms with Crippen LogP contribution in [0, 0.1) is 0 Å². The van der Waals surface area contributed by atoms with Gasteiger partial charge in [0, 0.05) is 5.54 Å². The number of hydrogen-bond donors (Lipinski definition) is 1. The number of allylic oxidation sites excluding steroid dienone is 1. The third-order valence-electron chi connectivity index (χ3n) is 1.25. The minimum atomic E-state index is -1.36. The lowest BCUT2D eigenvalue weighted by Crippen LogP contribution is -2.17. The van der Waals surface area contributed by atoms with Gasteiger partial charge in [0.15, 0.2) is 0 Å². The molecular formula is C9H15ClO2Si. The maximum absolute atomic E-state index is 10.5. The van der Waals surface area contributed by atoms with E-state index < -0.39 is 14.0 Å². The smallest absolute Gasteiger partial charge is 0.307 e. The van der Waals surface area contributed by atoms with Crippen molar-refractivity contribution in [1.29, 1.82) is 0 Å². The maximum Gasteiger partial charge on any atom is 0.307 e. The Bertz CT molecular complexity index is 238. The minimum Gasteiger partial charge on any atom is -0.481 e. The fourth-order valence-corrected chi connectivity index (χ4v) is 2.44. The molecule has 0 aliphatic rings. The summed E-state index contributed by atoms with van der Waals surface area (Å²) in [6.07, 6.45) is 1.70. The zero-order valence-corrected chi connectivity index (χ0v) is 9.93. The van der Waals surface area contributed by atoms with Gasteiger partial charge in [0.05, 0.1) is 14.5 Å². The SMILES string of the molecule is C[Si](C)(C)/C=C(\C=C\Cl)CC(=O)O. The van der Waals surface area contributed by atoms with Gasteiger partial charge in [-0.05, 0) is 11.6 Å². The summed E-state index contributed by atoms with van der Waals surface area (Å²) in [5.74, 6) is -0.820. The molecule has 4 heteroatoms. The van der Waals surface area contributed by atoms with Crippen LogP contribution >= 0.6 is 11.6 Å². The third-order valence-corrected chi connectivity index (χ3v) is 2.61. The van der Waals surface area contributed by atoms with Crippen molar-refractivity contribution < 1.29 is 9.90 Å². The Morgan fingerprint density at radius 3 is 2.31 bits per heavy atom. The molecule has 0 fully saturated rings. The molecule has 0 saturated heterocycles. The van der Waals surface area contributed by atoms with Gasteiger partial charge in [-0.25, -0.2) is 0 Å². The summed E-state index contributed by atoms with van der Waals surface area (Å²) in [6.45, 7) is 6.45. The average Bonchev–Trinajstić information content (AvgIpc) is 1.81. The molecule has 2 nitrogen and oxygen atoms in total. The van der Waals surface area contributed by atoms with E-state index in [-0.39, 0.29) is 6.42 Å². The summed E-state index contributed by atoms with van der Waals surface area (Å²) in [6, 6.07) is 0. The predicted molar refractivity (Wildman–Crippen MR) is 58.7 cm³/mol. The molecule has 1 N–H and O–H groups in total. The van der Waals surface area contributed by atoms with Gasteiger partial charge in [-0.15, -0.1) is 0 Å². The van der Waals surface area contributed by atoms with E-state index in [9.17, 15) is 4.79 Å². The molecule has 0 radical (unpaired) electrons. The second-order valence-corrected chi connectivity index (χ2v) is 9.22. The van der Waals surface area contributed by atoms with Gasteiger partial charge < -0.3 is 5.11 Å². The summed E-state index contributed by atoms with van der Waals surface area (Å²) in [4.78, 5) is 10.5. The quantitative estimate of drug-likeness (QED) is 0.582. The van der Waals surface area contributed by atoms with Crippen LogP contribution in [0.25, 0.3) is 0 Å². The van der Waals surface area contributed by atoms with Crippen molar-refractivity contribution in [1.82, 2.24) is 0 Å². The van der Waals surface area contributed by atoms with Gasteiger partial charge in [0.25, 0.3) is 0 Å². The highest BCUT2D eigenvalue weighted by Crippen LogP contribution is 2.12. The van der Waals surface area contributed by atoms with E-state index >= 15 is 0 Å². The van der Waals surface area contributed by atoms with Crippen molar-refractivity contribution in [2.24, 2.45) is 0 Å². The standard InChI is InChI=1S/C9H15ClO2Si/c1-13(2,3)7-8(4-5-10)6-9(11)12/h4-5,7H,6H2,1-3H3,(H,11,12)/b5-4+,8-7+. The first-order chi connectivity index (χ1) is 5.85. The summed E-state index contributed by atoms with van der Waals surface area (Å²) in [5, 5.41) is 8.60. The first-order valence-electron chi connectivity index (χ1n) is 4.05. The number of carboxylic acids is 1. The maximum atomic E-state index is 10.5. The van der Waals surface area contributed by atoms with E-state index in [1.807, 2.05) is 5.70 Å². The van der Waals surface area contributed by atoms with Gasteiger partial charge >= 0.3 is 5.97 Å². The monoisotopic (exact) mass is 218 g/mol. The average molecular weight is 219 g/mol. The number of aliphatic carboxylic acids is 1. The summed E-state index contributed by atoms with van der Waals surface area (Å²) in [5.41, 5.74) is 4.19. The molecule has 0 aromatic carbocycles. The number of hydrogen-bond acceptors (Lipinski definition) is 1. The molecule has 0 heterocycles. The third kappa shape index (κ3) is 7.81. The lowest BCUT2D eigenvalue weighted by Gasteiger charge is -2.11. The lowest BCUT2D eigenvalue weighted by atomic mass is 10.2. The molecule has 0 spiro atoms. The fraction of sp³-hybridized carbons (Fsp3) is 0.444. The number of carboxylic acid groups (broad SMARTS) is 1. The van der Waals surface area contributed by atoms with E-state index in [0.29, 0.717) is 0 Å². The number of rotatable bonds is 4. The van der Waals surface area contributed by atoms with E-state index in [4.69, 9.17) is 16.7 Å². The molecule has 0 aromatic rings. The fourth-order valence-electron chi connectivity index (χ4n) is 0.970. The van der Waals surface area contributed by atoms with Crippen LogP contribution in [0.15, 0.2) is 22.9 Å². The molecule has 0 saturated carbocycles. The van der Waals surface area contributed by atoms with E-state index in [1.54, 1.807) is 6.08 Å². The van der Waals surface area contributed by atoms with Crippen LogP contribution in [0.3, 0.4) is 0 Å². The molecule has 0 bridgehead atoms. The largest absolute Gasteiger partial charge is 0.481 e. The Kier molecular flexibility index (Phi) is 5.02. The van der Waals surface area contributed by atoms with Gasteiger partial charge in [0.2, 0.25) is 0 Å². The highest BCUT2D eigenvalue weighted by molar-refractivity contribution is 6.81. The Morgan fingerprint density at radius 1 is 1.46 bits per heavy atom. The Labute approximate surface area is 84.9 Å². The van der Waals surface area contributed by atoms with Gasteiger partial charge in [-0.2, -0.15) is 0 Å². The van der Waals surface area contributed by atoms with Crippen molar-refractivity contribution in [2.45, 2.75) is 26.1 Å². The molecule has 0 aliphatic carbocycles. The van der Waals surface area contributed by atoms with Crippen LogP contribution in [0.4, 0.5) is 0 Å². The number of carbonyl (C=O) groups is 1. The first-order valence-corrected chi connectivity index (χ1v) is 8.07. The van der Waals surface area contributed by atoms with Crippen molar-refractivity contribution in [3.05, 3.63) is 22.9 Å².